The summed E-state index contributed by atoms with van der Waals surface area (Å²) in [6, 6.07) is 0. The average Bonchev–Trinajstić information content (AvgIpc) is 2.78. The molecule has 8 N–H and O–H groups in total. The van der Waals surface area contributed by atoms with Crippen LogP contribution >= 0.6 is 0 Å². The zero-order chi connectivity index (χ0) is 26.2. The van der Waals surface area contributed by atoms with Crippen LogP contribution in [0.4, 0.5) is 0 Å². The largest absolute Gasteiger partial charge is 1.00 e. The van der Waals surface area contributed by atoms with E-state index in [9.17, 15) is 53.8 Å². The summed E-state index contributed by atoms with van der Waals surface area (Å²) in [4.78, 5) is 0. The van der Waals surface area contributed by atoms with Crippen molar-refractivity contribution in [2.75, 3.05) is 13.2 Å². The van der Waals surface area contributed by atoms with Crippen molar-refractivity contribution >= 4 is 10.4 Å². The molecular formula is C17H29NaO17S. The first-order valence-electron chi connectivity index (χ1n) is 10.5. The monoisotopic (exact) mass is 560 g/mol. The van der Waals surface area contributed by atoms with Crippen LogP contribution in [0.5, 0.6) is 0 Å². The van der Waals surface area contributed by atoms with Gasteiger partial charge in [-0.25, -0.2) is 8.42 Å². The predicted octanol–water partition coefficient (Wildman–Crippen LogP) is -9.42. The Kier molecular flexibility index (Phi) is 11.9. The van der Waals surface area contributed by atoms with Gasteiger partial charge in [0.25, 0.3) is 0 Å². The van der Waals surface area contributed by atoms with E-state index in [-0.39, 0.29) is 29.6 Å². The minimum atomic E-state index is -5.40. The number of hydrogen-bond acceptors (Lipinski definition) is 17. The summed E-state index contributed by atoms with van der Waals surface area (Å²) in [5, 5.41) is 80.6. The number of aliphatic hydroxyl groups excluding tert-OH is 8. The third-order valence-electron chi connectivity index (χ3n) is 5.87. The van der Waals surface area contributed by atoms with Crippen LogP contribution in [0, 0.1) is 0 Å². The Hall–Kier alpha value is 0.350. The van der Waals surface area contributed by atoms with Crippen molar-refractivity contribution in [3.63, 3.8) is 0 Å². The molecule has 0 radical (unpaired) electrons. The second-order valence-corrected chi connectivity index (χ2v) is 9.36. The Morgan fingerprint density at radius 3 is 1.97 bits per heavy atom. The van der Waals surface area contributed by atoms with Crippen molar-refractivity contribution in [3.8, 4) is 0 Å². The van der Waals surface area contributed by atoms with E-state index in [1.54, 1.807) is 0 Å². The summed E-state index contributed by atoms with van der Waals surface area (Å²) in [5.74, 6) is 0. The van der Waals surface area contributed by atoms with E-state index in [0.717, 1.165) is 0 Å². The van der Waals surface area contributed by atoms with Gasteiger partial charge in [-0.15, -0.1) is 0 Å². The van der Waals surface area contributed by atoms with Gasteiger partial charge in [-0.3, -0.25) is 4.18 Å². The van der Waals surface area contributed by atoms with Crippen LogP contribution in [-0.4, -0.2) is 153 Å². The summed E-state index contributed by atoms with van der Waals surface area (Å²) in [6.45, 7) is 0.268. The van der Waals surface area contributed by atoms with Gasteiger partial charge >= 0.3 is 29.6 Å². The fourth-order valence-corrected chi connectivity index (χ4v) is 4.42. The molecule has 0 aromatic carbocycles. The molecule has 0 bridgehead atoms. The zero-order valence-corrected chi connectivity index (χ0v) is 22.0. The molecule has 0 amide bonds. The Bertz CT molecular complexity index is 804. The molecule has 0 unspecified atom stereocenters. The van der Waals surface area contributed by atoms with Gasteiger partial charge in [0.1, 0.15) is 54.9 Å². The molecule has 0 aromatic rings. The van der Waals surface area contributed by atoms with Crippen molar-refractivity contribution in [3.05, 3.63) is 0 Å². The minimum absolute atomic E-state index is 0. The molecule has 3 rings (SSSR count). The Morgan fingerprint density at radius 2 is 1.39 bits per heavy atom. The van der Waals surface area contributed by atoms with Crippen LogP contribution in [0.1, 0.15) is 6.92 Å². The van der Waals surface area contributed by atoms with Crippen LogP contribution in [0.2, 0.25) is 0 Å². The second kappa shape index (κ2) is 13.1. The van der Waals surface area contributed by atoms with Crippen molar-refractivity contribution in [1.82, 2.24) is 0 Å². The van der Waals surface area contributed by atoms with E-state index in [1.165, 1.54) is 6.92 Å². The first-order chi connectivity index (χ1) is 16.2. The van der Waals surface area contributed by atoms with Crippen LogP contribution in [0.3, 0.4) is 0 Å². The van der Waals surface area contributed by atoms with Crippen molar-refractivity contribution in [2.45, 2.75) is 92.9 Å². The van der Waals surface area contributed by atoms with E-state index in [4.69, 9.17) is 23.7 Å². The fourth-order valence-electron chi connectivity index (χ4n) is 3.94. The van der Waals surface area contributed by atoms with E-state index < -0.39 is 110 Å². The van der Waals surface area contributed by atoms with Crippen molar-refractivity contribution < 1.29 is 111 Å². The van der Waals surface area contributed by atoms with Gasteiger partial charge in [-0.05, 0) is 6.92 Å². The molecule has 3 heterocycles. The minimum Gasteiger partial charge on any atom is -0.726 e. The summed E-state index contributed by atoms with van der Waals surface area (Å²) in [6.07, 6.45) is -24.0. The van der Waals surface area contributed by atoms with Gasteiger partial charge in [0.05, 0.1) is 19.3 Å². The SMILES string of the molecule is C[C@@H]1O[C@@H](O[C@H]2[C@H](O[C@@H]3O[C@H](O)[C@H](OS(=O)(=O)[O-])[C@H](O)[C@H]3O)[C@@H](CO)OC[C@@H]2O)[C@@H](O)[C@H](O)[C@@H]1O.[Na+]. The van der Waals surface area contributed by atoms with Crippen LogP contribution in [-0.2, 0) is 38.3 Å². The maximum absolute atomic E-state index is 10.8. The van der Waals surface area contributed by atoms with E-state index in [2.05, 4.69) is 4.18 Å². The molecule has 0 aromatic heterocycles. The number of rotatable bonds is 7. The molecule has 206 valence electrons. The number of hydrogen-bond donors (Lipinski definition) is 8. The topological polar surface area (TPSA) is 274 Å². The molecular weight excluding hydrogens is 531 g/mol. The maximum atomic E-state index is 10.8. The Balaban J connectivity index is 0.00000456. The molecule has 0 spiro atoms. The van der Waals surface area contributed by atoms with Gasteiger partial charge in [0.2, 0.25) is 10.4 Å². The zero-order valence-electron chi connectivity index (χ0n) is 19.2. The third kappa shape index (κ3) is 7.30. The molecule has 3 aliphatic rings. The van der Waals surface area contributed by atoms with Crippen LogP contribution in [0.15, 0.2) is 0 Å². The molecule has 3 aliphatic heterocycles. The normalized spacial score (nSPS) is 48.3. The standard InChI is InChI=1S/C17H30O17S.Na/c1-4-7(20)8(21)10(23)16(30-4)31-12-5(19)3-29-6(2-18)13(12)32-17-11(24)9(22)14(15(25)33-17)34-35(26,27)28;/h4-25H,2-3H2,1H3,(H,26,27,28);/q;+1/p-1/t4-,5-,6+,7+,8+,9+,10-,11+,12+,13+,14+,15-,16-,17+;/m0./s1. The number of ether oxygens (including phenoxy) is 5. The van der Waals surface area contributed by atoms with Crippen molar-refractivity contribution in [2.24, 2.45) is 0 Å². The van der Waals surface area contributed by atoms with Crippen LogP contribution in [0.25, 0.3) is 0 Å². The molecule has 17 nitrogen and oxygen atoms in total. The smallest absolute Gasteiger partial charge is 0.726 e. The molecule has 36 heavy (non-hydrogen) atoms. The maximum Gasteiger partial charge on any atom is 1.00 e. The number of aliphatic hydroxyl groups is 8. The van der Waals surface area contributed by atoms with Gasteiger partial charge in [-0.2, -0.15) is 0 Å². The van der Waals surface area contributed by atoms with Gasteiger partial charge in [-0.1, -0.05) is 0 Å². The van der Waals surface area contributed by atoms with E-state index >= 15 is 0 Å². The first kappa shape index (κ1) is 32.6. The Morgan fingerprint density at radius 1 is 0.833 bits per heavy atom. The fraction of sp³-hybridized carbons (Fsp3) is 1.00. The van der Waals surface area contributed by atoms with Crippen LogP contribution < -0.4 is 29.6 Å². The third-order valence-corrected chi connectivity index (χ3v) is 6.33. The molecule has 3 fully saturated rings. The second-order valence-electron chi connectivity index (χ2n) is 8.35. The van der Waals surface area contributed by atoms with Gasteiger partial charge < -0.3 is 69.1 Å². The van der Waals surface area contributed by atoms with E-state index in [1.807, 2.05) is 0 Å². The van der Waals surface area contributed by atoms with Crippen molar-refractivity contribution in [1.29, 1.82) is 0 Å². The summed E-state index contributed by atoms with van der Waals surface area (Å²) in [5.41, 5.74) is 0. The Labute approximate surface area is 227 Å². The average molecular weight is 560 g/mol. The van der Waals surface area contributed by atoms with E-state index in [0.29, 0.717) is 0 Å². The quantitative estimate of drug-likeness (QED) is 0.0815. The molecule has 3 saturated heterocycles. The van der Waals surface area contributed by atoms with Gasteiger partial charge in [0, 0.05) is 0 Å². The summed E-state index contributed by atoms with van der Waals surface area (Å²) >= 11 is 0. The summed E-state index contributed by atoms with van der Waals surface area (Å²) < 4.78 is 63.1. The predicted molar refractivity (Wildman–Crippen MR) is 102 cm³/mol. The molecule has 0 aliphatic carbocycles. The van der Waals surface area contributed by atoms with Gasteiger partial charge in [0.15, 0.2) is 25.0 Å². The molecule has 0 saturated carbocycles. The summed E-state index contributed by atoms with van der Waals surface area (Å²) in [7, 11) is -5.40. The molecule has 19 heteroatoms. The first-order valence-corrected chi connectivity index (χ1v) is 11.8. The molecule has 14 atom stereocenters.